The molecular formula is C30H56N2O2S6. The molecule has 0 bridgehead atoms. The number of hydrogen-bond acceptors (Lipinski definition) is 10. The topological polar surface area (TPSA) is 40.6 Å². The molecule has 2 heterocycles. The molecule has 2 saturated heterocycles. The molecule has 2 aliphatic rings. The summed E-state index contributed by atoms with van der Waals surface area (Å²) in [5, 5.41) is 0.618. The van der Waals surface area contributed by atoms with E-state index in [9.17, 15) is 9.59 Å². The van der Waals surface area contributed by atoms with Crippen LogP contribution < -0.4 is 0 Å². The summed E-state index contributed by atoms with van der Waals surface area (Å²) < 4.78 is 5.04. The van der Waals surface area contributed by atoms with Crippen LogP contribution in [-0.4, -0.2) is 54.7 Å². The molecule has 0 saturated carbocycles. The molecule has 0 aromatic carbocycles. The summed E-state index contributed by atoms with van der Waals surface area (Å²) in [5.41, 5.74) is 0. The maximum absolute atomic E-state index is 12.6. The van der Waals surface area contributed by atoms with Gasteiger partial charge in [0, 0.05) is 61.1 Å². The molecule has 1 atom stereocenters. The van der Waals surface area contributed by atoms with Crippen molar-refractivity contribution in [3.63, 3.8) is 0 Å². The van der Waals surface area contributed by atoms with Gasteiger partial charge in [0.05, 0.1) is 0 Å². The third-order valence-electron chi connectivity index (χ3n) is 7.55. The summed E-state index contributed by atoms with van der Waals surface area (Å²) in [4.78, 5) is 24.7. The number of rotatable bonds is 22. The van der Waals surface area contributed by atoms with Crippen molar-refractivity contribution in [2.24, 2.45) is 0 Å². The first kappa shape index (κ1) is 37.5. The number of unbranched alkanes of at least 4 members (excludes halogenated alkanes) is 11. The predicted octanol–water partition coefficient (Wildman–Crippen LogP) is 12.5. The minimum absolute atomic E-state index is 0.253. The smallest absolute Gasteiger partial charge is 0.271 e. The zero-order valence-corrected chi connectivity index (χ0v) is 30.0. The van der Waals surface area contributed by atoms with Crippen LogP contribution in [0.2, 0.25) is 0 Å². The van der Waals surface area contributed by atoms with E-state index >= 15 is 0 Å². The molecule has 2 fully saturated rings. The lowest BCUT2D eigenvalue weighted by Crippen LogP contribution is -2.23. The highest BCUT2D eigenvalue weighted by Gasteiger charge is 2.18. The summed E-state index contributed by atoms with van der Waals surface area (Å²) in [6.45, 7) is 6.55. The van der Waals surface area contributed by atoms with Gasteiger partial charge in [-0.3, -0.25) is 9.59 Å². The Morgan fingerprint density at radius 3 is 1.55 bits per heavy atom. The zero-order valence-electron chi connectivity index (χ0n) is 25.1. The third kappa shape index (κ3) is 21.1. The van der Waals surface area contributed by atoms with Crippen LogP contribution in [0.15, 0.2) is 0 Å². The van der Waals surface area contributed by atoms with Crippen molar-refractivity contribution in [1.29, 1.82) is 0 Å². The third-order valence-corrected chi connectivity index (χ3v) is 15.2. The first-order chi connectivity index (χ1) is 19.7. The van der Waals surface area contributed by atoms with Crippen molar-refractivity contribution in [2.75, 3.05) is 31.9 Å². The van der Waals surface area contributed by atoms with Crippen LogP contribution in [0.3, 0.4) is 0 Å². The minimum Gasteiger partial charge on any atom is -0.272 e. The molecule has 234 valence electrons. The second-order valence-corrected chi connectivity index (χ2v) is 18.7. The van der Waals surface area contributed by atoms with E-state index in [-0.39, 0.29) is 8.89 Å². The lowest BCUT2D eigenvalue weighted by molar-refractivity contribution is 0.274. The largest absolute Gasteiger partial charge is 0.272 e. The van der Waals surface area contributed by atoms with Crippen LogP contribution in [0, 0.1) is 0 Å². The Hall–Kier alpha value is 1.36. The highest BCUT2D eigenvalue weighted by atomic mass is 33.1. The van der Waals surface area contributed by atoms with E-state index in [1.165, 1.54) is 180 Å². The van der Waals surface area contributed by atoms with Gasteiger partial charge in [-0.05, 0) is 66.5 Å². The highest BCUT2D eigenvalue weighted by Crippen LogP contribution is 2.38. The fraction of sp³-hybridized carbons (Fsp3) is 0.933. The Morgan fingerprint density at radius 1 is 0.575 bits per heavy atom. The quantitative estimate of drug-likeness (QED) is 0.0632. The normalized spacial score (nSPS) is 17.7. The molecule has 40 heavy (non-hydrogen) atoms. The van der Waals surface area contributed by atoms with Crippen LogP contribution in [0.4, 0.5) is 9.59 Å². The van der Waals surface area contributed by atoms with E-state index in [0.29, 0.717) is 5.25 Å². The Morgan fingerprint density at radius 2 is 1.02 bits per heavy atom. The van der Waals surface area contributed by atoms with Crippen LogP contribution in [-0.2, 0) is 0 Å². The first-order valence-corrected chi connectivity index (χ1v) is 22.3. The van der Waals surface area contributed by atoms with E-state index < -0.39 is 0 Å². The average molecular weight is 669 g/mol. The second-order valence-electron chi connectivity index (χ2n) is 11.2. The molecule has 2 aliphatic heterocycles. The van der Waals surface area contributed by atoms with Gasteiger partial charge in [0.25, 0.3) is 8.89 Å². The highest BCUT2D eigenvalue weighted by molar-refractivity contribution is 8.86. The molecule has 0 aliphatic carbocycles. The molecule has 0 N–H and O–H groups in total. The molecule has 4 nitrogen and oxygen atoms in total. The lowest BCUT2D eigenvalue weighted by Gasteiger charge is -2.24. The first-order valence-electron chi connectivity index (χ1n) is 16.2. The number of nitrogens with zero attached hydrogens (tertiary/aromatic N) is 2. The maximum atomic E-state index is 12.6. The van der Waals surface area contributed by atoms with Crippen LogP contribution in [0.5, 0.6) is 0 Å². The number of piperidine rings is 2. The van der Waals surface area contributed by atoms with E-state index in [0.717, 1.165) is 31.9 Å². The standard InChI is InChI=1S/C30H56N2O2S6/c1-2-3-4-5-9-14-21-28(38-40-30(34)37-32-25-18-13-19-26-32)22-15-10-7-6-8-11-20-27-35-39-29(33)36-31-23-16-12-17-24-31/h28H,2-27H2,1H3. The number of hydrogen-bond donors (Lipinski definition) is 0. The second kappa shape index (κ2) is 26.7. The van der Waals surface area contributed by atoms with Gasteiger partial charge in [0.15, 0.2) is 0 Å². The van der Waals surface area contributed by atoms with Gasteiger partial charge in [-0.15, -0.1) is 0 Å². The molecule has 0 aromatic rings. The number of carbonyl (C=O) groups is 2. The Labute approximate surface area is 271 Å². The van der Waals surface area contributed by atoms with E-state index in [4.69, 9.17) is 0 Å². The fourth-order valence-electron chi connectivity index (χ4n) is 5.16. The molecular weight excluding hydrogens is 613 g/mol. The van der Waals surface area contributed by atoms with Gasteiger partial charge in [0.2, 0.25) is 0 Å². The van der Waals surface area contributed by atoms with Crippen molar-refractivity contribution >= 4 is 76.0 Å². The van der Waals surface area contributed by atoms with Gasteiger partial charge < -0.3 is 0 Å². The van der Waals surface area contributed by atoms with Gasteiger partial charge in [-0.25, -0.2) is 8.61 Å². The Balaban J connectivity index is 1.47. The fourth-order valence-corrected chi connectivity index (χ4v) is 12.0. The summed E-state index contributed by atoms with van der Waals surface area (Å²) in [6.07, 6.45) is 27.2. The number of carbonyl (C=O) groups excluding carboxylic acids is 2. The Kier molecular flexibility index (Phi) is 25.1. The van der Waals surface area contributed by atoms with Crippen molar-refractivity contribution in [2.45, 2.75) is 147 Å². The molecule has 0 aromatic heterocycles. The van der Waals surface area contributed by atoms with Crippen LogP contribution in [0.1, 0.15) is 142 Å². The maximum Gasteiger partial charge on any atom is 0.271 e. The molecule has 10 heteroatoms. The predicted molar refractivity (Wildman–Crippen MR) is 191 cm³/mol. The van der Waals surface area contributed by atoms with Gasteiger partial charge in [0.1, 0.15) is 0 Å². The zero-order chi connectivity index (χ0) is 28.5. The monoisotopic (exact) mass is 668 g/mol. The molecule has 2 rings (SSSR count). The lowest BCUT2D eigenvalue weighted by atomic mass is 10.0. The molecule has 1 unspecified atom stereocenters. The van der Waals surface area contributed by atoms with E-state index in [2.05, 4.69) is 15.5 Å². The van der Waals surface area contributed by atoms with Crippen molar-refractivity contribution in [1.82, 2.24) is 8.61 Å². The summed E-state index contributed by atoms with van der Waals surface area (Å²) >= 11 is 2.90. The summed E-state index contributed by atoms with van der Waals surface area (Å²) in [7, 11) is 6.56. The SMILES string of the molecule is CCCCCCCCC(CCCCCCCCCSSC(=O)SN1CCCCC1)SSC(=O)SN1CCCCC1. The van der Waals surface area contributed by atoms with Crippen molar-refractivity contribution in [3.05, 3.63) is 0 Å². The van der Waals surface area contributed by atoms with Gasteiger partial charge in [-0.1, -0.05) is 118 Å². The van der Waals surface area contributed by atoms with Crippen LogP contribution >= 0.6 is 67.1 Å². The summed E-state index contributed by atoms with van der Waals surface area (Å²) in [5.74, 6) is 1.08. The van der Waals surface area contributed by atoms with Crippen molar-refractivity contribution in [3.8, 4) is 0 Å². The summed E-state index contributed by atoms with van der Waals surface area (Å²) in [6, 6.07) is 0. The average Bonchev–Trinajstić information content (AvgIpc) is 2.97. The minimum atomic E-state index is 0.253. The van der Waals surface area contributed by atoms with E-state index in [1.807, 2.05) is 10.8 Å². The van der Waals surface area contributed by atoms with Gasteiger partial charge >= 0.3 is 0 Å². The van der Waals surface area contributed by atoms with Gasteiger partial charge in [-0.2, -0.15) is 0 Å². The van der Waals surface area contributed by atoms with E-state index in [1.54, 1.807) is 10.8 Å². The molecule has 0 amide bonds. The van der Waals surface area contributed by atoms with Crippen LogP contribution in [0.25, 0.3) is 0 Å². The molecule has 0 radical (unpaired) electrons. The Bertz CT molecular complexity index is 633. The molecule has 0 spiro atoms. The van der Waals surface area contributed by atoms with Crippen molar-refractivity contribution < 1.29 is 9.59 Å².